The molecule has 2 unspecified atom stereocenters. The summed E-state index contributed by atoms with van der Waals surface area (Å²) in [5.74, 6) is 1.69. The minimum atomic E-state index is -1.83. The number of aryl methyl sites for hydroxylation is 1. The van der Waals surface area contributed by atoms with Crippen molar-refractivity contribution in [3.63, 3.8) is 0 Å². The quantitative estimate of drug-likeness (QED) is 0.664. The number of aromatic nitrogens is 2. The van der Waals surface area contributed by atoms with E-state index in [1.54, 1.807) is 31.4 Å². The molecule has 1 fully saturated rings. The maximum Gasteiger partial charge on any atom is 0.316 e. The Balaban J connectivity index is 1.42. The standard InChI is InChI=1S/C20H19N3O5S/c1-23-16-10-14(27-2)7-8-15(16)21-18(23)11-28-13-5-3-12(4-6-13)9-17-19(24)22-20(25)29(17)26/h3-8,10,17H,9,11H2,1-2H3,(H,22,24,25). The number of imide groups is 1. The monoisotopic (exact) mass is 413 g/mol. The number of hydrogen-bond donors (Lipinski definition) is 1. The number of ether oxygens (including phenoxy) is 2. The van der Waals surface area contributed by atoms with Crippen molar-refractivity contribution in [1.82, 2.24) is 14.9 Å². The van der Waals surface area contributed by atoms with Gasteiger partial charge in [0.25, 0.3) is 0 Å². The number of methoxy groups -OCH3 is 1. The summed E-state index contributed by atoms with van der Waals surface area (Å²) in [5, 5.41) is 0.527. The van der Waals surface area contributed by atoms with Gasteiger partial charge >= 0.3 is 5.24 Å². The molecule has 0 bridgehead atoms. The van der Waals surface area contributed by atoms with E-state index in [0.29, 0.717) is 5.75 Å². The molecule has 0 radical (unpaired) electrons. The molecule has 3 aromatic rings. The lowest BCUT2D eigenvalue weighted by atomic mass is 10.1. The van der Waals surface area contributed by atoms with Crippen molar-refractivity contribution in [2.45, 2.75) is 18.3 Å². The normalized spacial score (nSPS) is 18.8. The summed E-state index contributed by atoms with van der Waals surface area (Å²) in [6.45, 7) is 0.288. The molecular weight excluding hydrogens is 394 g/mol. The van der Waals surface area contributed by atoms with Crippen LogP contribution in [0.15, 0.2) is 42.5 Å². The fraction of sp³-hybridized carbons (Fsp3) is 0.250. The fourth-order valence-corrected chi connectivity index (χ4v) is 4.24. The van der Waals surface area contributed by atoms with Crippen LogP contribution in [0, 0.1) is 0 Å². The van der Waals surface area contributed by atoms with E-state index in [9.17, 15) is 13.8 Å². The summed E-state index contributed by atoms with van der Waals surface area (Å²) in [6, 6.07) is 12.8. The molecule has 1 aliphatic heterocycles. The molecule has 29 heavy (non-hydrogen) atoms. The summed E-state index contributed by atoms with van der Waals surface area (Å²) >= 11 is 0. The summed E-state index contributed by atoms with van der Waals surface area (Å²) in [4.78, 5) is 27.6. The first-order valence-corrected chi connectivity index (χ1v) is 10.1. The molecule has 9 heteroatoms. The Hall–Kier alpha value is -3.20. The van der Waals surface area contributed by atoms with Gasteiger partial charge in [-0.05, 0) is 36.2 Å². The number of fused-ring (bicyclic) bond motifs is 1. The number of carbonyl (C=O) groups excluding carboxylic acids is 2. The smallest absolute Gasteiger partial charge is 0.316 e. The lowest BCUT2D eigenvalue weighted by molar-refractivity contribution is -0.119. The third kappa shape index (κ3) is 3.73. The van der Waals surface area contributed by atoms with Gasteiger partial charge in [0, 0.05) is 13.1 Å². The van der Waals surface area contributed by atoms with E-state index in [2.05, 4.69) is 10.3 Å². The molecule has 1 saturated heterocycles. The zero-order valence-corrected chi connectivity index (χ0v) is 16.7. The average molecular weight is 413 g/mol. The molecule has 0 aliphatic carbocycles. The van der Waals surface area contributed by atoms with Crippen molar-refractivity contribution in [2.24, 2.45) is 7.05 Å². The first-order chi connectivity index (χ1) is 14.0. The third-order valence-electron chi connectivity index (χ3n) is 4.85. The van der Waals surface area contributed by atoms with Crippen molar-refractivity contribution in [3.8, 4) is 11.5 Å². The Kier molecular flexibility index (Phi) is 5.06. The predicted octanol–water partition coefficient (Wildman–Crippen LogP) is 2.07. The molecule has 4 rings (SSSR count). The number of carbonyl (C=O) groups is 2. The Morgan fingerprint density at radius 2 is 1.86 bits per heavy atom. The van der Waals surface area contributed by atoms with Crippen LogP contribution in [0.5, 0.6) is 11.5 Å². The number of benzene rings is 2. The molecule has 1 aromatic heterocycles. The van der Waals surface area contributed by atoms with Crippen LogP contribution in [0.4, 0.5) is 4.79 Å². The lowest BCUT2D eigenvalue weighted by Gasteiger charge is -2.09. The van der Waals surface area contributed by atoms with Gasteiger partial charge in [0.05, 0.1) is 18.1 Å². The second-order valence-electron chi connectivity index (χ2n) is 6.64. The largest absolute Gasteiger partial charge is 0.497 e. The van der Waals surface area contributed by atoms with Gasteiger partial charge in [-0.15, -0.1) is 0 Å². The van der Waals surface area contributed by atoms with Crippen molar-refractivity contribution >= 4 is 33.0 Å². The second-order valence-corrected chi connectivity index (χ2v) is 8.18. The highest BCUT2D eigenvalue weighted by Crippen LogP contribution is 2.22. The summed E-state index contributed by atoms with van der Waals surface area (Å²) in [6.07, 6.45) is 0.233. The van der Waals surface area contributed by atoms with Crippen molar-refractivity contribution in [2.75, 3.05) is 7.11 Å². The number of amides is 2. The molecular formula is C20H19N3O5S. The van der Waals surface area contributed by atoms with Gasteiger partial charge in [0.1, 0.15) is 40.0 Å². The van der Waals surface area contributed by atoms with Crippen molar-refractivity contribution in [1.29, 1.82) is 0 Å². The van der Waals surface area contributed by atoms with E-state index in [1.165, 1.54) is 0 Å². The Labute approximate surface area is 169 Å². The van der Waals surface area contributed by atoms with E-state index in [4.69, 9.17) is 9.47 Å². The topological polar surface area (TPSA) is 99.5 Å². The van der Waals surface area contributed by atoms with Gasteiger partial charge in [-0.25, -0.2) is 9.19 Å². The molecule has 2 amide bonds. The SMILES string of the molecule is COc1ccc2nc(COc3ccc(CC4C(=O)NC(=O)S4=O)cc3)n(C)c2c1. The van der Waals surface area contributed by atoms with Crippen molar-refractivity contribution in [3.05, 3.63) is 53.9 Å². The van der Waals surface area contributed by atoms with E-state index in [0.717, 1.165) is 28.2 Å². The minimum Gasteiger partial charge on any atom is -0.497 e. The van der Waals surface area contributed by atoms with Crippen molar-refractivity contribution < 1.29 is 23.3 Å². The van der Waals surface area contributed by atoms with Crippen LogP contribution < -0.4 is 14.8 Å². The summed E-state index contributed by atoms with van der Waals surface area (Å²) in [7, 11) is 1.71. The first kappa shape index (κ1) is 19.1. The Morgan fingerprint density at radius 1 is 1.14 bits per heavy atom. The molecule has 2 heterocycles. The Morgan fingerprint density at radius 3 is 2.52 bits per heavy atom. The van der Waals surface area contributed by atoms with Gasteiger partial charge in [0.15, 0.2) is 0 Å². The van der Waals surface area contributed by atoms with E-state index < -0.39 is 27.2 Å². The van der Waals surface area contributed by atoms with Gasteiger partial charge in [-0.1, -0.05) is 12.1 Å². The van der Waals surface area contributed by atoms with Gasteiger partial charge in [-0.2, -0.15) is 0 Å². The Bertz CT molecular complexity index is 1120. The number of nitrogens with one attached hydrogen (secondary N) is 1. The second kappa shape index (κ2) is 7.67. The van der Waals surface area contributed by atoms with Crippen LogP contribution in [-0.4, -0.2) is 37.3 Å². The summed E-state index contributed by atoms with van der Waals surface area (Å²) < 4.78 is 24.9. The molecule has 0 saturated carbocycles. The fourth-order valence-electron chi connectivity index (χ4n) is 3.19. The van der Waals surface area contributed by atoms with Crippen LogP contribution in [0.2, 0.25) is 0 Å². The predicted molar refractivity (Wildman–Crippen MR) is 107 cm³/mol. The average Bonchev–Trinajstić information content (AvgIpc) is 3.17. The minimum absolute atomic E-state index is 0.233. The highest BCUT2D eigenvalue weighted by Gasteiger charge is 2.38. The van der Waals surface area contributed by atoms with Crippen LogP contribution in [0.25, 0.3) is 11.0 Å². The first-order valence-electron chi connectivity index (χ1n) is 8.92. The van der Waals surface area contributed by atoms with Crippen LogP contribution >= 0.6 is 0 Å². The molecule has 8 nitrogen and oxygen atoms in total. The molecule has 2 aromatic carbocycles. The van der Waals surface area contributed by atoms with Crippen LogP contribution in [0.3, 0.4) is 0 Å². The highest BCUT2D eigenvalue weighted by molar-refractivity contribution is 8.02. The molecule has 1 N–H and O–H groups in total. The number of hydrogen-bond acceptors (Lipinski definition) is 6. The number of rotatable bonds is 6. The molecule has 1 aliphatic rings. The van der Waals surface area contributed by atoms with E-state index >= 15 is 0 Å². The molecule has 2 atom stereocenters. The van der Waals surface area contributed by atoms with Gasteiger partial charge in [0.2, 0.25) is 5.91 Å². The highest BCUT2D eigenvalue weighted by atomic mass is 32.2. The summed E-state index contributed by atoms with van der Waals surface area (Å²) in [5.41, 5.74) is 2.62. The lowest BCUT2D eigenvalue weighted by Crippen LogP contribution is -2.26. The number of imidazole rings is 1. The molecule has 150 valence electrons. The van der Waals surface area contributed by atoms with Crippen LogP contribution in [-0.2, 0) is 35.7 Å². The maximum absolute atomic E-state index is 11.8. The molecule has 0 spiro atoms. The number of nitrogens with zero attached hydrogens (tertiary/aromatic N) is 2. The maximum atomic E-state index is 11.8. The van der Waals surface area contributed by atoms with E-state index in [-0.39, 0.29) is 13.0 Å². The van der Waals surface area contributed by atoms with Crippen LogP contribution in [0.1, 0.15) is 11.4 Å². The van der Waals surface area contributed by atoms with Gasteiger partial charge in [-0.3, -0.25) is 14.9 Å². The third-order valence-corrected chi connectivity index (χ3v) is 6.22. The van der Waals surface area contributed by atoms with Gasteiger partial charge < -0.3 is 14.0 Å². The van der Waals surface area contributed by atoms with E-state index in [1.807, 2.05) is 29.8 Å². The zero-order valence-electron chi connectivity index (χ0n) is 15.9. The zero-order chi connectivity index (χ0) is 20.5.